The van der Waals surface area contributed by atoms with E-state index >= 15 is 0 Å². The molecule has 0 aliphatic heterocycles. The Morgan fingerprint density at radius 3 is 2.07 bits per heavy atom. The molecule has 0 aromatic heterocycles. The van der Waals surface area contributed by atoms with Gasteiger partial charge in [-0.3, -0.25) is 0 Å². The maximum absolute atomic E-state index is 13.0. The lowest BCUT2D eigenvalue weighted by Gasteiger charge is -2.10. The van der Waals surface area contributed by atoms with Crippen LogP contribution in [0.15, 0.2) is 29.2 Å². The van der Waals surface area contributed by atoms with Crippen LogP contribution < -0.4 is 0 Å². The fourth-order valence-electron chi connectivity index (χ4n) is 0.747. The maximum Gasteiger partial charge on any atom is 0.341 e. The van der Waals surface area contributed by atoms with Crippen molar-refractivity contribution >= 4 is 49.0 Å². The Bertz CT molecular complexity index is 424. The Labute approximate surface area is 99.1 Å². The van der Waals surface area contributed by atoms with E-state index in [1.165, 1.54) is 24.3 Å². The number of alkyl halides is 3. The second kappa shape index (κ2) is 3.96. The van der Waals surface area contributed by atoms with Crippen LogP contribution in [0.4, 0.5) is 4.39 Å². The van der Waals surface area contributed by atoms with Crippen LogP contribution in [0, 0.1) is 0 Å². The first-order valence-electron chi connectivity index (χ1n) is 3.32. The first-order valence-corrected chi connectivity index (χ1v) is 6.35. The van der Waals surface area contributed by atoms with Crippen molar-refractivity contribution in [3.05, 3.63) is 29.3 Å². The van der Waals surface area contributed by atoms with Crippen LogP contribution in [0.1, 0.15) is 0 Å². The van der Waals surface area contributed by atoms with Crippen LogP contribution >= 0.6 is 39.1 Å². The second-order valence-electron chi connectivity index (χ2n) is 2.40. The molecule has 1 atom stereocenters. The highest BCUT2D eigenvalue weighted by Gasteiger charge is 2.40. The molecule has 0 amide bonds. The predicted molar refractivity (Wildman–Crippen MR) is 57.3 cm³/mol. The third kappa shape index (κ3) is 2.39. The zero-order chi connectivity index (χ0) is 11.0. The van der Waals surface area contributed by atoms with E-state index in [1.54, 1.807) is 0 Å². The van der Waals surface area contributed by atoms with Gasteiger partial charge in [-0.25, -0.2) is 8.42 Å². The third-order valence-electron chi connectivity index (χ3n) is 1.43. The van der Waals surface area contributed by atoms with E-state index in [2.05, 4.69) is 15.9 Å². The summed E-state index contributed by atoms with van der Waals surface area (Å²) < 4.78 is 32.8. The lowest BCUT2D eigenvalue weighted by atomic mass is 10.4. The van der Waals surface area contributed by atoms with E-state index in [4.69, 9.17) is 23.2 Å². The van der Waals surface area contributed by atoms with E-state index < -0.39 is 13.2 Å². The van der Waals surface area contributed by atoms with Gasteiger partial charge in [0, 0.05) is 5.02 Å². The highest BCUT2D eigenvalue weighted by atomic mass is 79.9. The molecule has 0 saturated heterocycles. The SMILES string of the molecule is O=S(=O)(c1ccc(Cl)cc1)C(F)(Cl)Br. The number of hydrogen-bond donors (Lipinski definition) is 0. The van der Waals surface area contributed by atoms with Gasteiger partial charge in [-0.2, -0.15) is 4.39 Å². The van der Waals surface area contributed by atoms with Gasteiger partial charge in [0.1, 0.15) is 0 Å². The first-order chi connectivity index (χ1) is 6.25. The molecule has 7 heteroatoms. The van der Waals surface area contributed by atoms with Crippen LogP contribution in [0.3, 0.4) is 0 Å². The van der Waals surface area contributed by atoms with E-state index in [1.807, 2.05) is 0 Å². The summed E-state index contributed by atoms with van der Waals surface area (Å²) in [4.78, 5) is -0.240. The van der Waals surface area contributed by atoms with Crippen molar-refractivity contribution in [1.82, 2.24) is 0 Å². The third-order valence-corrected chi connectivity index (χ3v) is 5.07. The summed E-state index contributed by atoms with van der Waals surface area (Å²) in [5, 5.41) is 0.359. The average molecular weight is 322 g/mol. The fraction of sp³-hybridized carbons (Fsp3) is 0.143. The van der Waals surface area contributed by atoms with E-state index in [0.29, 0.717) is 5.02 Å². The Morgan fingerprint density at radius 2 is 1.71 bits per heavy atom. The highest BCUT2D eigenvalue weighted by Crippen LogP contribution is 2.37. The van der Waals surface area contributed by atoms with Crippen molar-refractivity contribution in [3.63, 3.8) is 0 Å². The molecule has 0 fully saturated rings. The van der Waals surface area contributed by atoms with Crippen LogP contribution in [0.5, 0.6) is 0 Å². The van der Waals surface area contributed by atoms with Gasteiger partial charge in [0.25, 0.3) is 0 Å². The van der Waals surface area contributed by atoms with Crippen molar-refractivity contribution in [2.75, 3.05) is 0 Å². The Balaban J connectivity index is 3.25. The van der Waals surface area contributed by atoms with Gasteiger partial charge in [-0.05, 0) is 40.2 Å². The molecule has 1 rings (SSSR count). The molecule has 1 aromatic rings. The molecular weight excluding hydrogens is 318 g/mol. The van der Waals surface area contributed by atoms with Gasteiger partial charge in [-0.15, -0.1) is 0 Å². The number of benzene rings is 1. The van der Waals surface area contributed by atoms with Gasteiger partial charge in [-0.1, -0.05) is 23.2 Å². The number of sulfone groups is 1. The van der Waals surface area contributed by atoms with Gasteiger partial charge >= 0.3 is 3.37 Å². The standard InChI is InChI=1S/C7H4BrCl2FO2S/c8-7(10,11)14(12,13)6-3-1-5(9)2-4-6/h1-4H. The summed E-state index contributed by atoms with van der Waals surface area (Å²) in [6.45, 7) is 0. The number of rotatable bonds is 2. The van der Waals surface area contributed by atoms with Gasteiger partial charge < -0.3 is 0 Å². The molecule has 0 saturated carbocycles. The first kappa shape index (κ1) is 12.2. The minimum atomic E-state index is -4.24. The molecule has 0 radical (unpaired) electrons. The van der Waals surface area contributed by atoms with E-state index in [0.717, 1.165) is 0 Å². The number of halogens is 4. The van der Waals surface area contributed by atoms with Crippen molar-refractivity contribution in [1.29, 1.82) is 0 Å². The molecule has 0 aliphatic carbocycles. The molecule has 0 spiro atoms. The smallest absolute Gasteiger partial charge is 0.218 e. The molecule has 0 aliphatic rings. The molecule has 78 valence electrons. The van der Waals surface area contributed by atoms with Crippen molar-refractivity contribution < 1.29 is 12.8 Å². The molecule has 0 bridgehead atoms. The van der Waals surface area contributed by atoms with Crippen LogP contribution in [-0.4, -0.2) is 11.8 Å². The minimum Gasteiger partial charge on any atom is -0.218 e. The topological polar surface area (TPSA) is 34.1 Å². The summed E-state index contributed by atoms with van der Waals surface area (Å²) >= 11 is 12.8. The highest BCUT2D eigenvalue weighted by molar-refractivity contribution is 9.12. The van der Waals surface area contributed by atoms with E-state index in [-0.39, 0.29) is 4.90 Å². The summed E-state index contributed by atoms with van der Waals surface area (Å²) in [5.41, 5.74) is 0. The monoisotopic (exact) mass is 320 g/mol. The van der Waals surface area contributed by atoms with Gasteiger partial charge in [0.15, 0.2) is 0 Å². The zero-order valence-electron chi connectivity index (χ0n) is 6.55. The molecule has 0 heterocycles. The summed E-state index contributed by atoms with van der Waals surface area (Å²) in [6, 6.07) is 5.03. The Morgan fingerprint density at radius 1 is 1.29 bits per heavy atom. The molecule has 14 heavy (non-hydrogen) atoms. The fourth-order valence-corrected chi connectivity index (χ4v) is 2.46. The van der Waals surface area contributed by atoms with Crippen molar-refractivity contribution in [2.45, 2.75) is 8.26 Å². The lowest BCUT2D eigenvalue weighted by Crippen LogP contribution is -2.19. The molecule has 1 unspecified atom stereocenters. The Hall–Kier alpha value is 0.160. The molecule has 0 N–H and O–H groups in total. The zero-order valence-corrected chi connectivity index (χ0v) is 10.5. The molecule has 1 aromatic carbocycles. The summed E-state index contributed by atoms with van der Waals surface area (Å²) in [6.07, 6.45) is 0. The quantitative estimate of drug-likeness (QED) is 0.783. The van der Waals surface area contributed by atoms with Gasteiger partial charge in [0.2, 0.25) is 9.84 Å². The van der Waals surface area contributed by atoms with Crippen molar-refractivity contribution in [2.24, 2.45) is 0 Å². The summed E-state index contributed by atoms with van der Waals surface area (Å²) in [7, 11) is -4.24. The largest absolute Gasteiger partial charge is 0.341 e. The predicted octanol–water partition coefficient (Wildman–Crippen LogP) is 3.33. The van der Waals surface area contributed by atoms with E-state index in [9.17, 15) is 12.8 Å². The van der Waals surface area contributed by atoms with Crippen molar-refractivity contribution in [3.8, 4) is 0 Å². The summed E-state index contributed by atoms with van der Waals surface area (Å²) in [5.74, 6) is 0. The van der Waals surface area contributed by atoms with Crippen LogP contribution in [-0.2, 0) is 9.84 Å². The normalized spacial score (nSPS) is 16.3. The average Bonchev–Trinajstić information content (AvgIpc) is 2.03. The van der Waals surface area contributed by atoms with Crippen LogP contribution in [0.2, 0.25) is 5.02 Å². The lowest BCUT2D eigenvalue weighted by molar-refractivity contribution is 0.483. The van der Waals surface area contributed by atoms with Gasteiger partial charge in [0.05, 0.1) is 4.90 Å². The van der Waals surface area contributed by atoms with Crippen LogP contribution in [0.25, 0.3) is 0 Å². The molecule has 2 nitrogen and oxygen atoms in total. The minimum absolute atomic E-state index is 0.240. The molecular formula is C7H4BrCl2FO2S. The second-order valence-corrected chi connectivity index (χ2v) is 7.70. The Kier molecular flexibility index (Phi) is 3.46. The number of hydrogen-bond acceptors (Lipinski definition) is 2. The maximum atomic E-state index is 13.0.